The van der Waals surface area contributed by atoms with Gasteiger partial charge in [-0.3, -0.25) is 13.8 Å². The molecule has 0 N–H and O–H groups in total. The normalized spacial score (nSPS) is 11.0. The maximum absolute atomic E-state index is 11.7. The molecule has 0 heterocycles. The molecule has 0 amide bonds. The summed E-state index contributed by atoms with van der Waals surface area (Å²) in [6.07, 6.45) is 3.07. The Kier molecular flexibility index (Phi) is 8.34. The predicted octanol–water partition coefficient (Wildman–Crippen LogP) is 2.34. The average Bonchev–Trinajstić information content (AvgIpc) is 2.55. The van der Waals surface area contributed by atoms with E-state index in [1.165, 1.54) is 19.1 Å². The van der Waals surface area contributed by atoms with Crippen LogP contribution in [0.5, 0.6) is 0 Å². The van der Waals surface area contributed by atoms with Crippen molar-refractivity contribution in [3.8, 4) is 0 Å². The van der Waals surface area contributed by atoms with E-state index in [-0.39, 0.29) is 17.9 Å². The molecule has 0 aliphatic heterocycles. The molecule has 7 nitrogen and oxygen atoms in total. The zero-order chi connectivity index (χ0) is 18.9. The zero-order valence-corrected chi connectivity index (χ0v) is 15.2. The Morgan fingerprint density at radius 1 is 1.12 bits per heavy atom. The van der Waals surface area contributed by atoms with Gasteiger partial charge in [0.05, 0.1) is 11.5 Å². The summed E-state index contributed by atoms with van der Waals surface area (Å²) >= 11 is 0. The first-order chi connectivity index (χ1) is 11.8. The Bertz CT molecular complexity index is 763. The number of rotatable bonds is 11. The lowest BCUT2D eigenvalue weighted by Gasteiger charge is -2.05. The van der Waals surface area contributed by atoms with Crippen LogP contribution in [0.3, 0.4) is 0 Å². The molecule has 0 saturated carbocycles. The van der Waals surface area contributed by atoms with E-state index in [9.17, 15) is 18.0 Å². The molecule has 1 aromatic rings. The van der Waals surface area contributed by atoms with E-state index in [4.69, 9.17) is 9.71 Å². The minimum atomic E-state index is -3.68. The molecule has 0 atom stereocenters. The standard InChI is InChI=1S/C17H22N2O5S/c1-3-24-25(22,23)15-11-9-14(10-12-15)7-5-4-6-8-16(21)17(19-18)13(2)20/h9-12H,3-8H2,1-2H3. The van der Waals surface area contributed by atoms with Gasteiger partial charge in [0.2, 0.25) is 11.6 Å². The van der Waals surface area contributed by atoms with Crippen molar-refractivity contribution < 1.29 is 27.0 Å². The Balaban J connectivity index is 2.41. The molecule has 0 aliphatic carbocycles. The molecule has 0 aliphatic rings. The van der Waals surface area contributed by atoms with Gasteiger partial charge < -0.3 is 5.53 Å². The second kappa shape index (κ2) is 9.98. The first-order valence-electron chi connectivity index (χ1n) is 8.06. The lowest BCUT2D eigenvalue weighted by Crippen LogP contribution is -2.22. The molecule has 1 rings (SSSR count). The third kappa shape index (κ3) is 6.70. The molecular weight excluding hydrogens is 344 g/mol. The molecule has 0 radical (unpaired) electrons. The Morgan fingerprint density at radius 3 is 2.28 bits per heavy atom. The predicted molar refractivity (Wildman–Crippen MR) is 91.7 cm³/mol. The van der Waals surface area contributed by atoms with Gasteiger partial charge in [0.1, 0.15) is 0 Å². The van der Waals surface area contributed by atoms with E-state index in [1.54, 1.807) is 19.1 Å². The number of hydrogen-bond acceptors (Lipinski definition) is 5. The number of unbranched alkanes of at least 4 members (excludes halogenated alkanes) is 2. The van der Waals surface area contributed by atoms with Crippen molar-refractivity contribution in [1.82, 2.24) is 0 Å². The van der Waals surface area contributed by atoms with Crippen molar-refractivity contribution in [2.75, 3.05) is 6.61 Å². The fourth-order valence-corrected chi connectivity index (χ4v) is 3.19. The first kappa shape index (κ1) is 20.9. The maximum atomic E-state index is 11.7. The third-order valence-electron chi connectivity index (χ3n) is 3.55. The first-order valence-corrected chi connectivity index (χ1v) is 9.47. The summed E-state index contributed by atoms with van der Waals surface area (Å²) in [5, 5.41) is 0. The monoisotopic (exact) mass is 366 g/mol. The van der Waals surface area contributed by atoms with Crippen LogP contribution in [0, 0.1) is 0 Å². The Morgan fingerprint density at radius 2 is 1.76 bits per heavy atom. The van der Waals surface area contributed by atoms with Crippen molar-refractivity contribution in [3.05, 3.63) is 35.4 Å². The molecule has 0 bridgehead atoms. The van der Waals surface area contributed by atoms with Crippen LogP contribution in [-0.2, 0) is 30.3 Å². The van der Waals surface area contributed by atoms with Crippen molar-refractivity contribution in [2.45, 2.75) is 50.8 Å². The largest absolute Gasteiger partial charge is 0.399 e. The molecule has 0 fully saturated rings. The molecule has 0 saturated heterocycles. The summed E-state index contributed by atoms with van der Waals surface area (Å²) in [7, 11) is -3.68. The molecule has 25 heavy (non-hydrogen) atoms. The van der Waals surface area contributed by atoms with Gasteiger partial charge in [-0.1, -0.05) is 18.6 Å². The van der Waals surface area contributed by atoms with E-state index in [0.29, 0.717) is 6.42 Å². The summed E-state index contributed by atoms with van der Waals surface area (Å²) in [6, 6.07) is 6.51. The third-order valence-corrected chi connectivity index (χ3v) is 4.95. The van der Waals surface area contributed by atoms with Crippen molar-refractivity contribution in [2.24, 2.45) is 0 Å². The number of carbonyl (C=O) groups excluding carboxylic acids is 2. The molecule has 1 aromatic carbocycles. The highest BCUT2D eigenvalue weighted by atomic mass is 32.2. The van der Waals surface area contributed by atoms with Gasteiger partial charge in [0.25, 0.3) is 10.1 Å². The summed E-state index contributed by atoms with van der Waals surface area (Å²) in [5.74, 6) is -1.00. The molecule has 0 aromatic heterocycles. The van der Waals surface area contributed by atoms with Gasteiger partial charge in [0, 0.05) is 13.3 Å². The van der Waals surface area contributed by atoms with Crippen LogP contribution in [0.25, 0.3) is 5.53 Å². The van der Waals surface area contributed by atoms with Crippen molar-refractivity contribution in [3.63, 3.8) is 0 Å². The van der Waals surface area contributed by atoms with E-state index in [1.807, 2.05) is 0 Å². The number of nitrogens with zero attached hydrogens (tertiary/aromatic N) is 2. The summed E-state index contributed by atoms with van der Waals surface area (Å²) in [6.45, 7) is 2.89. The molecule has 0 spiro atoms. The number of aryl methyl sites for hydroxylation is 1. The number of hydrogen-bond donors (Lipinski definition) is 0. The quantitative estimate of drug-likeness (QED) is 0.149. The molecule has 8 heteroatoms. The SMILES string of the molecule is CCOS(=O)(=O)c1ccc(CCCCCC(=O)C(=[N+]=[N-])C(C)=O)cc1. The highest BCUT2D eigenvalue weighted by molar-refractivity contribution is 7.86. The number of carbonyl (C=O) groups is 2. The maximum Gasteiger partial charge on any atom is 0.399 e. The smallest absolute Gasteiger partial charge is 0.360 e. The van der Waals surface area contributed by atoms with Crippen LogP contribution in [0.15, 0.2) is 29.2 Å². The fourth-order valence-electron chi connectivity index (χ4n) is 2.28. The van der Waals surface area contributed by atoms with E-state index >= 15 is 0 Å². The second-order valence-corrected chi connectivity index (χ2v) is 7.11. The zero-order valence-electron chi connectivity index (χ0n) is 14.4. The number of benzene rings is 1. The second-order valence-electron chi connectivity index (χ2n) is 5.49. The van der Waals surface area contributed by atoms with Crippen LogP contribution in [0.2, 0.25) is 0 Å². The average molecular weight is 366 g/mol. The molecule has 136 valence electrons. The van der Waals surface area contributed by atoms with Gasteiger partial charge in [-0.25, -0.2) is 0 Å². The van der Waals surface area contributed by atoms with Crippen LogP contribution in [0.4, 0.5) is 0 Å². The minimum Gasteiger partial charge on any atom is -0.360 e. The van der Waals surface area contributed by atoms with Crippen LogP contribution >= 0.6 is 0 Å². The highest BCUT2D eigenvalue weighted by Gasteiger charge is 2.24. The molecule has 0 unspecified atom stereocenters. The fraction of sp³-hybridized carbons (Fsp3) is 0.471. The lowest BCUT2D eigenvalue weighted by molar-refractivity contribution is -0.123. The summed E-state index contributed by atoms with van der Waals surface area (Å²) in [4.78, 5) is 25.6. The van der Waals surface area contributed by atoms with Gasteiger partial charge in [-0.2, -0.15) is 13.2 Å². The van der Waals surface area contributed by atoms with Crippen LogP contribution in [0.1, 0.15) is 45.1 Å². The van der Waals surface area contributed by atoms with E-state index in [2.05, 4.69) is 4.79 Å². The topological polar surface area (TPSA) is 114 Å². The van der Waals surface area contributed by atoms with Gasteiger partial charge in [0.15, 0.2) is 0 Å². The van der Waals surface area contributed by atoms with Gasteiger partial charge in [-0.15, -0.1) is 0 Å². The Hall–Kier alpha value is -2.15. The van der Waals surface area contributed by atoms with E-state index < -0.39 is 27.4 Å². The number of Topliss-reactive ketones (excluding diaryl/α,β-unsaturated/α-hetero) is 2. The number of ketones is 2. The molecular formula is C17H22N2O5S. The van der Waals surface area contributed by atoms with Crippen molar-refractivity contribution >= 4 is 27.4 Å². The Labute approximate surface area is 147 Å². The summed E-state index contributed by atoms with van der Waals surface area (Å²) < 4.78 is 28.2. The van der Waals surface area contributed by atoms with Gasteiger partial charge in [-0.05, 0) is 43.9 Å². The van der Waals surface area contributed by atoms with Crippen LogP contribution < -0.4 is 0 Å². The lowest BCUT2D eigenvalue weighted by atomic mass is 10.0. The minimum absolute atomic E-state index is 0.0924. The summed E-state index contributed by atoms with van der Waals surface area (Å²) in [5.41, 5.74) is 9.20. The van der Waals surface area contributed by atoms with Crippen LogP contribution in [-0.4, -0.2) is 37.1 Å². The van der Waals surface area contributed by atoms with Gasteiger partial charge >= 0.3 is 5.71 Å². The van der Waals surface area contributed by atoms with Crippen molar-refractivity contribution in [1.29, 1.82) is 0 Å². The van der Waals surface area contributed by atoms with E-state index in [0.717, 1.165) is 24.8 Å². The highest BCUT2D eigenvalue weighted by Crippen LogP contribution is 2.15.